The molecule has 3 aromatic rings. The molecule has 1 aliphatic heterocycles. The maximum atomic E-state index is 14.0. The summed E-state index contributed by atoms with van der Waals surface area (Å²) in [7, 11) is 1.69. The molecular weight excluding hydrogens is 409 g/mol. The third kappa shape index (κ3) is 4.68. The lowest BCUT2D eigenvalue weighted by Crippen LogP contribution is -2.44. The van der Waals surface area contributed by atoms with Gasteiger partial charge in [-0.3, -0.25) is 4.99 Å². The lowest BCUT2D eigenvalue weighted by atomic mass is 10.2. The first-order valence-corrected chi connectivity index (χ1v) is 9.91. The second-order valence-electron chi connectivity index (χ2n) is 6.83. The van der Waals surface area contributed by atoms with Crippen LogP contribution in [0.1, 0.15) is 12.3 Å². The molecule has 0 spiro atoms. The predicted molar refractivity (Wildman–Crippen MR) is 113 cm³/mol. The fourth-order valence-corrected chi connectivity index (χ4v) is 3.40. The molecule has 4 rings (SSSR count). The van der Waals surface area contributed by atoms with Crippen LogP contribution in [0, 0.1) is 5.82 Å². The van der Waals surface area contributed by atoms with Crippen molar-refractivity contribution in [3.63, 3.8) is 0 Å². The van der Waals surface area contributed by atoms with Crippen LogP contribution in [-0.4, -0.2) is 47.3 Å². The maximum Gasteiger partial charge on any atom is 0.246 e. The number of anilines is 1. The van der Waals surface area contributed by atoms with Crippen LogP contribution in [0.2, 0.25) is 5.02 Å². The summed E-state index contributed by atoms with van der Waals surface area (Å²) in [6.07, 6.45) is 2.44. The normalized spacial score (nSPS) is 16.7. The highest BCUT2D eigenvalue weighted by Crippen LogP contribution is 2.21. The largest absolute Gasteiger partial charge is 0.352 e. The minimum absolute atomic E-state index is 0.116. The van der Waals surface area contributed by atoms with Gasteiger partial charge in [-0.15, -0.1) is 0 Å². The van der Waals surface area contributed by atoms with Gasteiger partial charge in [0.25, 0.3) is 0 Å². The molecule has 1 atom stereocenters. The van der Waals surface area contributed by atoms with Crippen molar-refractivity contribution in [1.29, 1.82) is 0 Å². The highest BCUT2D eigenvalue weighted by molar-refractivity contribution is 6.30. The van der Waals surface area contributed by atoms with Gasteiger partial charge < -0.3 is 20.1 Å². The van der Waals surface area contributed by atoms with Crippen LogP contribution < -0.4 is 15.5 Å². The monoisotopic (exact) mass is 429 g/mol. The van der Waals surface area contributed by atoms with Gasteiger partial charge in [0.15, 0.2) is 17.6 Å². The topological polar surface area (TPSA) is 91.5 Å². The molecule has 10 heteroatoms. The number of nitrogens with zero attached hydrogens (tertiary/aromatic N) is 5. The standard InChI is InChI=1S/C20H21ClFN7O/c1-23-20(26-15-8-10-29(12-15)19-16(22)3-2-9-24-19)25-11-17-27-18(28-30-17)13-4-6-14(21)7-5-13/h2-7,9,15H,8,10-12H2,1H3,(H2,23,25,26). The van der Waals surface area contributed by atoms with E-state index in [0.29, 0.717) is 41.6 Å². The number of halogens is 2. The highest BCUT2D eigenvalue weighted by Gasteiger charge is 2.26. The number of benzene rings is 1. The van der Waals surface area contributed by atoms with Gasteiger partial charge in [0.05, 0.1) is 6.54 Å². The molecule has 0 aliphatic carbocycles. The second kappa shape index (κ2) is 9.08. The number of pyridine rings is 1. The smallest absolute Gasteiger partial charge is 0.246 e. The summed E-state index contributed by atoms with van der Waals surface area (Å²) in [6, 6.07) is 10.3. The summed E-state index contributed by atoms with van der Waals surface area (Å²) >= 11 is 5.91. The van der Waals surface area contributed by atoms with E-state index in [1.807, 2.05) is 17.0 Å². The van der Waals surface area contributed by atoms with Crippen LogP contribution >= 0.6 is 11.6 Å². The number of aromatic nitrogens is 3. The zero-order valence-electron chi connectivity index (χ0n) is 16.3. The van der Waals surface area contributed by atoms with Gasteiger partial charge in [-0.25, -0.2) is 9.37 Å². The van der Waals surface area contributed by atoms with E-state index in [4.69, 9.17) is 16.1 Å². The SMILES string of the molecule is CN=C(NCc1nc(-c2ccc(Cl)cc2)no1)NC1CCN(c2ncccc2F)C1. The Balaban J connectivity index is 1.31. The van der Waals surface area contributed by atoms with Gasteiger partial charge in [-0.1, -0.05) is 16.8 Å². The van der Waals surface area contributed by atoms with Crippen molar-refractivity contribution in [2.75, 3.05) is 25.0 Å². The first-order chi connectivity index (χ1) is 14.6. The lowest BCUT2D eigenvalue weighted by Gasteiger charge is -2.19. The molecule has 3 heterocycles. The molecule has 8 nitrogen and oxygen atoms in total. The zero-order chi connectivity index (χ0) is 20.9. The molecule has 0 radical (unpaired) electrons. The van der Waals surface area contributed by atoms with Crippen molar-refractivity contribution in [1.82, 2.24) is 25.8 Å². The van der Waals surface area contributed by atoms with Gasteiger partial charge in [0.1, 0.15) is 0 Å². The Morgan fingerprint density at radius 1 is 1.33 bits per heavy atom. The number of aliphatic imine (C=N–C) groups is 1. The average Bonchev–Trinajstić information content (AvgIpc) is 3.42. The summed E-state index contributed by atoms with van der Waals surface area (Å²) < 4.78 is 19.3. The van der Waals surface area contributed by atoms with Crippen molar-refractivity contribution in [2.45, 2.75) is 19.0 Å². The Morgan fingerprint density at radius 2 is 2.17 bits per heavy atom. The van der Waals surface area contributed by atoms with Gasteiger partial charge in [0, 0.05) is 43.0 Å². The van der Waals surface area contributed by atoms with Gasteiger partial charge in [0.2, 0.25) is 11.7 Å². The molecule has 1 unspecified atom stereocenters. The van der Waals surface area contributed by atoms with E-state index in [-0.39, 0.29) is 11.9 Å². The van der Waals surface area contributed by atoms with E-state index in [0.717, 1.165) is 18.5 Å². The van der Waals surface area contributed by atoms with Crippen LogP contribution in [0.3, 0.4) is 0 Å². The van der Waals surface area contributed by atoms with Crippen LogP contribution in [0.15, 0.2) is 52.1 Å². The van der Waals surface area contributed by atoms with Crippen LogP contribution in [0.4, 0.5) is 10.2 Å². The molecule has 1 saturated heterocycles. The minimum atomic E-state index is -0.312. The van der Waals surface area contributed by atoms with Gasteiger partial charge in [-0.2, -0.15) is 4.98 Å². The Labute approximate surface area is 178 Å². The quantitative estimate of drug-likeness (QED) is 0.476. The summed E-state index contributed by atoms with van der Waals surface area (Å²) in [5.41, 5.74) is 0.824. The molecule has 2 N–H and O–H groups in total. The first-order valence-electron chi connectivity index (χ1n) is 9.53. The summed E-state index contributed by atoms with van der Waals surface area (Å²) in [4.78, 5) is 14.7. The molecular formula is C20H21ClFN7O. The molecule has 0 amide bonds. The van der Waals surface area contributed by atoms with Crippen LogP contribution in [-0.2, 0) is 6.54 Å². The van der Waals surface area contributed by atoms with Crippen molar-refractivity contribution in [2.24, 2.45) is 4.99 Å². The van der Waals surface area contributed by atoms with Crippen LogP contribution in [0.25, 0.3) is 11.4 Å². The Morgan fingerprint density at radius 3 is 2.93 bits per heavy atom. The van der Waals surface area contributed by atoms with Crippen molar-refractivity contribution >= 4 is 23.4 Å². The third-order valence-corrected chi connectivity index (χ3v) is 5.02. The molecule has 0 saturated carbocycles. The third-order valence-electron chi connectivity index (χ3n) is 4.77. The predicted octanol–water partition coefficient (Wildman–Crippen LogP) is 2.87. The van der Waals surface area contributed by atoms with Crippen LogP contribution in [0.5, 0.6) is 0 Å². The first kappa shape index (κ1) is 20.1. The summed E-state index contributed by atoms with van der Waals surface area (Å²) in [5, 5.41) is 11.2. The Hall–Kier alpha value is -3.20. The van der Waals surface area contributed by atoms with Crippen molar-refractivity contribution in [3.8, 4) is 11.4 Å². The Bertz CT molecular complexity index is 1020. The van der Waals surface area contributed by atoms with Crippen molar-refractivity contribution in [3.05, 3.63) is 59.3 Å². The van der Waals surface area contributed by atoms with E-state index in [1.54, 1.807) is 31.4 Å². The fourth-order valence-electron chi connectivity index (χ4n) is 3.27. The molecule has 1 fully saturated rings. The molecule has 1 aliphatic rings. The number of hydrogen-bond acceptors (Lipinski definition) is 6. The van der Waals surface area contributed by atoms with Gasteiger partial charge >= 0.3 is 0 Å². The molecule has 30 heavy (non-hydrogen) atoms. The number of hydrogen-bond donors (Lipinski definition) is 2. The summed E-state index contributed by atoms with van der Waals surface area (Å²) in [5.74, 6) is 1.61. The zero-order valence-corrected chi connectivity index (χ0v) is 17.1. The fraction of sp³-hybridized carbons (Fsp3) is 0.300. The van der Waals surface area contributed by atoms with Gasteiger partial charge in [-0.05, 0) is 42.8 Å². The van der Waals surface area contributed by atoms with Crippen molar-refractivity contribution < 1.29 is 8.91 Å². The molecule has 156 valence electrons. The van der Waals surface area contributed by atoms with E-state index in [2.05, 4.69) is 30.8 Å². The molecule has 2 aromatic heterocycles. The second-order valence-corrected chi connectivity index (χ2v) is 7.27. The summed E-state index contributed by atoms with van der Waals surface area (Å²) in [6.45, 7) is 1.68. The molecule has 0 bridgehead atoms. The molecule has 1 aromatic carbocycles. The number of nitrogens with one attached hydrogen (secondary N) is 2. The van der Waals surface area contributed by atoms with E-state index in [9.17, 15) is 4.39 Å². The lowest BCUT2D eigenvalue weighted by molar-refractivity contribution is 0.375. The number of rotatable bonds is 5. The Kier molecular flexibility index (Phi) is 6.08. The van der Waals surface area contributed by atoms with E-state index >= 15 is 0 Å². The minimum Gasteiger partial charge on any atom is -0.352 e. The van der Waals surface area contributed by atoms with E-state index < -0.39 is 0 Å². The average molecular weight is 430 g/mol. The maximum absolute atomic E-state index is 14.0. The number of guanidine groups is 1. The van der Waals surface area contributed by atoms with E-state index in [1.165, 1.54) is 6.07 Å². The highest BCUT2D eigenvalue weighted by atomic mass is 35.5.